The fraction of sp³-hybridized carbons (Fsp3) is 0.429. The molecule has 0 saturated carbocycles. The van der Waals surface area contributed by atoms with Gasteiger partial charge in [-0.3, -0.25) is 0 Å². The molecule has 0 aromatic rings. The lowest BCUT2D eigenvalue weighted by Gasteiger charge is -2.02. The van der Waals surface area contributed by atoms with E-state index in [-0.39, 0.29) is 0 Å². The first-order chi connectivity index (χ1) is 4.20. The quantitative estimate of drug-likeness (QED) is 0.504. The molecule has 1 aliphatic rings. The molecule has 9 heavy (non-hydrogen) atoms. The van der Waals surface area contributed by atoms with E-state index in [4.69, 9.17) is 10.2 Å². The maximum absolute atomic E-state index is 8.62. The van der Waals surface area contributed by atoms with Crippen molar-refractivity contribution in [1.82, 2.24) is 0 Å². The molecular formula is C7H10O2. The van der Waals surface area contributed by atoms with E-state index in [1.165, 1.54) is 5.57 Å². The van der Waals surface area contributed by atoms with Gasteiger partial charge in [-0.25, -0.2) is 0 Å². The van der Waals surface area contributed by atoms with E-state index in [0.717, 1.165) is 0 Å². The van der Waals surface area contributed by atoms with E-state index in [1.54, 1.807) is 6.08 Å². The highest BCUT2D eigenvalue weighted by atomic mass is 16.5. The van der Waals surface area contributed by atoms with Gasteiger partial charge in [-0.2, -0.15) is 0 Å². The van der Waals surface area contributed by atoms with Crippen LogP contribution >= 0.6 is 0 Å². The summed E-state index contributed by atoms with van der Waals surface area (Å²) >= 11 is 0. The summed E-state index contributed by atoms with van der Waals surface area (Å²) in [6.45, 7) is 1.96. The fourth-order valence-corrected chi connectivity index (χ4v) is 0.866. The Bertz CT molecular complexity index is 166. The third-order valence-electron chi connectivity index (χ3n) is 1.40. The Morgan fingerprint density at radius 3 is 2.33 bits per heavy atom. The van der Waals surface area contributed by atoms with Crippen LogP contribution in [0.15, 0.2) is 23.3 Å². The molecule has 0 heterocycles. The van der Waals surface area contributed by atoms with Gasteiger partial charge in [0.15, 0.2) is 6.29 Å². The maximum Gasteiger partial charge on any atom is 0.174 e. The third-order valence-corrected chi connectivity index (χ3v) is 1.40. The van der Waals surface area contributed by atoms with Crippen molar-refractivity contribution in [2.24, 2.45) is 0 Å². The lowest BCUT2D eigenvalue weighted by atomic mass is 10.2. The molecule has 1 rings (SSSR count). The minimum atomic E-state index is -1.27. The monoisotopic (exact) mass is 126 g/mol. The third kappa shape index (κ3) is 1.40. The van der Waals surface area contributed by atoms with Gasteiger partial charge in [0.2, 0.25) is 0 Å². The average Bonchev–Trinajstić information content (AvgIpc) is 2.14. The van der Waals surface area contributed by atoms with Crippen LogP contribution in [0.3, 0.4) is 0 Å². The Hall–Kier alpha value is -0.600. The van der Waals surface area contributed by atoms with Crippen molar-refractivity contribution in [2.75, 3.05) is 0 Å². The Balaban J connectivity index is 2.54. The van der Waals surface area contributed by atoms with Crippen LogP contribution in [0, 0.1) is 0 Å². The normalized spacial score (nSPS) is 18.2. The first-order valence-electron chi connectivity index (χ1n) is 2.92. The number of hydrogen-bond donors (Lipinski definition) is 2. The van der Waals surface area contributed by atoms with Crippen LogP contribution in [0.25, 0.3) is 0 Å². The number of hydrogen-bond acceptors (Lipinski definition) is 2. The Labute approximate surface area is 54.1 Å². The highest BCUT2D eigenvalue weighted by Gasteiger charge is 2.09. The number of aliphatic hydroxyl groups is 2. The fourth-order valence-electron chi connectivity index (χ4n) is 0.866. The van der Waals surface area contributed by atoms with Gasteiger partial charge in [0.05, 0.1) is 0 Å². The molecule has 0 aromatic carbocycles. The molecule has 0 aliphatic heterocycles. The largest absolute Gasteiger partial charge is 0.365 e. The Morgan fingerprint density at radius 1 is 1.44 bits per heavy atom. The molecule has 2 nitrogen and oxygen atoms in total. The second-order valence-corrected chi connectivity index (χ2v) is 2.31. The van der Waals surface area contributed by atoms with E-state index in [2.05, 4.69) is 0 Å². The Morgan fingerprint density at radius 2 is 2.11 bits per heavy atom. The summed E-state index contributed by atoms with van der Waals surface area (Å²) in [5, 5.41) is 17.2. The lowest BCUT2D eigenvalue weighted by molar-refractivity contribution is -0.00897. The summed E-state index contributed by atoms with van der Waals surface area (Å²) in [5.41, 5.74) is 1.87. The van der Waals surface area contributed by atoms with Gasteiger partial charge in [0.25, 0.3) is 0 Å². The molecule has 0 spiro atoms. The van der Waals surface area contributed by atoms with Gasteiger partial charge in [-0.1, -0.05) is 17.7 Å². The van der Waals surface area contributed by atoms with Gasteiger partial charge in [-0.05, 0) is 18.9 Å². The van der Waals surface area contributed by atoms with Crippen molar-refractivity contribution in [3.05, 3.63) is 23.3 Å². The molecule has 0 bridgehead atoms. The van der Waals surface area contributed by atoms with Gasteiger partial charge in [-0.15, -0.1) is 0 Å². The van der Waals surface area contributed by atoms with E-state index in [0.29, 0.717) is 12.0 Å². The zero-order chi connectivity index (χ0) is 6.85. The summed E-state index contributed by atoms with van der Waals surface area (Å²) in [6, 6.07) is 0. The van der Waals surface area contributed by atoms with Gasteiger partial charge in [0, 0.05) is 0 Å². The number of aliphatic hydroxyl groups excluding tert-OH is 1. The molecule has 2 heteroatoms. The standard InChI is InChI=1S/C7H10O2/c1-5-2-3-6(4-5)7(8)9/h2-3,7-9H,4H2,1H3. The zero-order valence-corrected chi connectivity index (χ0v) is 5.33. The molecular weight excluding hydrogens is 116 g/mol. The minimum Gasteiger partial charge on any atom is -0.365 e. The van der Waals surface area contributed by atoms with Crippen LogP contribution in [-0.2, 0) is 0 Å². The smallest absolute Gasteiger partial charge is 0.174 e. The summed E-state index contributed by atoms with van der Waals surface area (Å²) in [4.78, 5) is 0. The second kappa shape index (κ2) is 2.33. The van der Waals surface area contributed by atoms with Gasteiger partial charge >= 0.3 is 0 Å². The van der Waals surface area contributed by atoms with E-state index < -0.39 is 6.29 Å². The SMILES string of the molecule is CC1=CC=C(C(O)O)C1. The van der Waals surface area contributed by atoms with E-state index in [1.807, 2.05) is 13.0 Å². The molecule has 2 N–H and O–H groups in total. The first kappa shape index (κ1) is 6.52. The summed E-state index contributed by atoms with van der Waals surface area (Å²) in [6.07, 6.45) is 3.09. The summed E-state index contributed by atoms with van der Waals surface area (Å²) in [5.74, 6) is 0. The van der Waals surface area contributed by atoms with Crippen LogP contribution in [0.5, 0.6) is 0 Å². The van der Waals surface area contributed by atoms with Crippen molar-refractivity contribution >= 4 is 0 Å². The minimum absolute atomic E-state index is 0.688. The first-order valence-corrected chi connectivity index (χ1v) is 2.92. The van der Waals surface area contributed by atoms with Gasteiger partial charge < -0.3 is 10.2 Å². The van der Waals surface area contributed by atoms with E-state index >= 15 is 0 Å². The van der Waals surface area contributed by atoms with Crippen LogP contribution < -0.4 is 0 Å². The predicted octanol–water partition coefficient (Wildman–Crippen LogP) is 0.574. The Kier molecular flexibility index (Phi) is 1.69. The molecule has 1 aliphatic carbocycles. The molecule has 0 fully saturated rings. The van der Waals surface area contributed by atoms with Crippen LogP contribution in [-0.4, -0.2) is 16.5 Å². The van der Waals surface area contributed by atoms with Gasteiger partial charge in [0.1, 0.15) is 0 Å². The molecule has 50 valence electrons. The van der Waals surface area contributed by atoms with Crippen molar-refractivity contribution in [3.63, 3.8) is 0 Å². The number of rotatable bonds is 1. The molecule has 0 amide bonds. The number of allylic oxidation sites excluding steroid dienone is 3. The van der Waals surface area contributed by atoms with Crippen molar-refractivity contribution in [3.8, 4) is 0 Å². The predicted molar refractivity (Wildman–Crippen MR) is 34.7 cm³/mol. The molecule has 0 saturated heterocycles. The summed E-state index contributed by atoms with van der Waals surface area (Å²) in [7, 11) is 0. The van der Waals surface area contributed by atoms with Crippen LogP contribution in [0.4, 0.5) is 0 Å². The second-order valence-electron chi connectivity index (χ2n) is 2.31. The maximum atomic E-state index is 8.62. The van der Waals surface area contributed by atoms with Crippen molar-refractivity contribution in [2.45, 2.75) is 19.6 Å². The highest BCUT2D eigenvalue weighted by molar-refractivity contribution is 5.30. The molecule has 0 unspecified atom stereocenters. The topological polar surface area (TPSA) is 40.5 Å². The van der Waals surface area contributed by atoms with Crippen molar-refractivity contribution < 1.29 is 10.2 Å². The lowest BCUT2D eigenvalue weighted by Crippen LogP contribution is -2.06. The average molecular weight is 126 g/mol. The van der Waals surface area contributed by atoms with Crippen molar-refractivity contribution in [1.29, 1.82) is 0 Å². The molecule has 0 aromatic heterocycles. The molecule has 0 radical (unpaired) electrons. The molecule has 0 atom stereocenters. The summed E-state index contributed by atoms with van der Waals surface area (Å²) < 4.78 is 0. The van der Waals surface area contributed by atoms with Crippen LogP contribution in [0.2, 0.25) is 0 Å². The highest BCUT2D eigenvalue weighted by Crippen LogP contribution is 2.19. The van der Waals surface area contributed by atoms with Crippen LogP contribution in [0.1, 0.15) is 13.3 Å². The zero-order valence-electron chi connectivity index (χ0n) is 5.33. The van der Waals surface area contributed by atoms with E-state index in [9.17, 15) is 0 Å².